The van der Waals surface area contributed by atoms with Crippen molar-refractivity contribution in [2.75, 3.05) is 12.5 Å². The molecule has 28 heavy (non-hydrogen) atoms. The fraction of sp³-hybridized carbons (Fsp3) is 0.0500. The van der Waals surface area contributed by atoms with Crippen LogP contribution in [0.1, 0.15) is 20.8 Å². The van der Waals surface area contributed by atoms with E-state index in [1.54, 1.807) is 43.7 Å². The van der Waals surface area contributed by atoms with Crippen molar-refractivity contribution in [2.45, 2.75) is 0 Å². The average Bonchev–Trinajstić information content (AvgIpc) is 3.24. The van der Waals surface area contributed by atoms with E-state index >= 15 is 0 Å². The Morgan fingerprint density at radius 2 is 2.00 bits per heavy atom. The van der Waals surface area contributed by atoms with E-state index < -0.39 is 0 Å². The number of benzene rings is 2. The first-order valence-electron chi connectivity index (χ1n) is 8.32. The highest BCUT2D eigenvalue weighted by Gasteiger charge is 2.17. The largest absolute Gasteiger partial charge is 0.497 e. The van der Waals surface area contributed by atoms with Crippen LogP contribution >= 0.6 is 23.6 Å². The molecule has 140 valence electrons. The normalized spacial score (nSPS) is 13.5. The first-order chi connectivity index (χ1) is 13.6. The molecule has 1 aromatic heterocycles. The minimum atomic E-state index is -0.390. The van der Waals surface area contributed by atoms with Crippen molar-refractivity contribution >= 4 is 53.0 Å². The van der Waals surface area contributed by atoms with Gasteiger partial charge in [-0.1, -0.05) is 29.5 Å². The number of nitrogens with zero attached hydrogens (tertiary/aromatic N) is 2. The number of para-hydroxylation sites is 1. The number of allylic oxidation sites excluding steroid dienone is 1. The van der Waals surface area contributed by atoms with E-state index in [0.29, 0.717) is 20.1 Å². The second-order valence-corrected chi connectivity index (χ2v) is 7.61. The molecule has 0 fully saturated rings. The third kappa shape index (κ3) is 3.35. The Hall–Kier alpha value is -3.23. The summed E-state index contributed by atoms with van der Waals surface area (Å²) in [6.45, 7) is 0. The first-order valence-corrected chi connectivity index (χ1v) is 9.54. The molecular weight excluding hydrogens is 394 g/mol. The van der Waals surface area contributed by atoms with Crippen LogP contribution in [0.25, 0.3) is 11.6 Å². The maximum atomic E-state index is 12.5. The van der Waals surface area contributed by atoms with Crippen LogP contribution in [0, 0.1) is 3.95 Å². The summed E-state index contributed by atoms with van der Waals surface area (Å²) in [7, 11) is 1.56. The van der Waals surface area contributed by atoms with Crippen molar-refractivity contribution in [1.82, 2.24) is 4.68 Å². The molecule has 0 saturated carbocycles. The zero-order chi connectivity index (χ0) is 19.7. The maximum absolute atomic E-state index is 12.5. The number of nitrogens with one attached hydrogen (secondary N) is 1. The van der Waals surface area contributed by atoms with Gasteiger partial charge >= 0.3 is 0 Å². The minimum Gasteiger partial charge on any atom is -0.497 e. The molecule has 0 unspecified atom stereocenters. The summed E-state index contributed by atoms with van der Waals surface area (Å²) < 4.78 is 6.62. The highest BCUT2D eigenvalue weighted by atomic mass is 32.1. The number of aromatic hydroxyl groups is 1. The highest BCUT2D eigenvalue weighted by molar-refractivity contribution is 7.73. The zero-order valence-electron chi connectivity index (χ0n) is 14.7. The van der Waals surface area contributed by atoms with E-state index in [2.05, 4.69) is 10.4 Å². The molecule has 1 aliphatic rings. The summed E-state index contributed by atoms with van der Waals surface area (Å²) in [6, 6.07) is 14.4. The lowest BCUT2D eigenvalue weighted by molar-refractivity contribution is 0.101. The minimum absolute atomic E-state index is 0.123. The summed E-state index contributed by atoms with van der Waals surface area (Å²) >= 11 is 6.51. The molecular formula is C20H15N3O3S2. The van der Waals surface area contributed by atoms with Crippen LogP contribution in [0.2, 0.25) is 0 Å². The lowest BCUT2D eigenvalue weighted by Crippen LogP contribution is -2.22. The number of carbonyl (C=O) groups is 1. The third-order valence-electron chi connectivity index (χ3n) is 4.22. The molecule has 0 saturated heterocycles. The lowest BCUT2D eigenvalue weighted by atomic mass is 10.1. The molecule has 3 aromatic rings. The fourth-order valence-corrected chi connectivity index (χ4v) is 3.96. The first kappa shape index (κ1) is 18.1. The molecule has 0 radical (unpaired) electrons. The van der Waals surface area contributed by atoms with Gasteiger partial charge in [0, 0.05) is 22.9 Å². The molecule has 6 nitrogen and oxygen atoms in total. The standard InChI is InChI=1S/C20H15N3O3S2/c1-26-14-8-6-12(7-9-14)18(24)22-23-19(25)17(28-20(23)27)10-13-11-21-16-5-3-2-4-15(13)16/h2-11,25H,1H3,(H,22,24). The van der Waals surface area contributed by atoms with E-state index in [-0.39, 0.29) is 11.8 Å². The Bertz CT molecular complexity index is 1170. The second-order valence-electron chi connectivity index (χ2n) is 5.94. The van der Waals surface area contributed by atoms with Crippen LogP contribution in [-0.2, 0) is 0 Å². The van der Waals surface area contributed by atoms with E-state index in [0.717, 1.165) is 16.8 Å². The van der Waals surface area contributed by atoms with Crippen LogP contribution in [0.5, 0.6) is 11.6 Å². The van der Waals surface area contributed by atoms with Gasteiger partial charge in [-0.25, -0.2) is 0 Å². The second kappa shape index (κ2) is 7.41. The van der Waals surface area contributed by atoms with E-state index in [9.17, 15) is 9.90 Å². The highest BCUT2D eigenvalue weighted by Crippen LogP contribution is 2.35. The van der Waals surface area contributed by atoms with Crippen molar-refractivity contribution in [3.63, 3.8) is 0 Å². The van der Waals surface area contributed by atoms with E-state index in [4.69, 9.17) is 17.0 Å². The van der Waals surface area contributed by atoms with Gasteiger partial charge in [0.25, 0.3) is 5.91 Å². The molecule has 1 amide bonds. The van der Waals surface area contributed by atoms with Crippen LogP contribution in [-0.4, -0.2) is 29.0 Å². The monoisotopic (exact) mass is 409 g/mol. The number of thiazole rings is 1. The summed E-state index contributed by atoms with van der Waals surface area (Å²) in [5.41, 5.74) is 5.78. The van der Waals surface area contributed by atoms with Crippen molar-refractivity contribution in [3.05, 3.63) is 68.5 Å². The molecule has 4 rings (SSSR count). The van der Waals surface area contributed by atoms with Crippen LogP contribution in [0.15, 0.2) is 53.5 Å². The van der Waals surface area contributed by atoms with Gasteiger partial charge in [-0.2, -0.15) is 4.68 Å². The van der Waals surface area contributed by atoms with Crippen molar-refractivity contribution < 1.29 is 14.6 Å². The number of ether oxygens (including phenoxy) is 1. The Labute approximate surface area is 170 Å². The maximum Gasteiger partial charge on any atom is 0.270 e. The molecule has 2 heterocycles. The fourth-order valence-electron chi connectivity index (χ4n) is 2.78. The summed E-state index contributed by atoms with van der Waals surface area (Å²) in [5, 5.41) is 10.6. The Kier molecular flexibility index (Phi) is 4.81. The molecule has 2 N–H and O–H groups in total. The third-order valence-corrected chi connectivity index (χ3v) is 5.53. The topological polar surface area (TPSA) is 75.8 Å². The molecule has 8 heteroatoms. The SMILES string of the molecule is COc1ccc(C(=O)Nn2c(O)c(C=C3C=Nc4ccccc43)sc2=S)cc1. The number of aliphatic imine (C=N–C) groups is 1. The van der Waals surface area contributed by atoms with Crippen molar-refractivity contribution in [1.29, 1.82) is 0 Å². The van der Waals surface area contributed by atoms with Crippen LogP contribution < -0.4 is 10.2 Å². The predicted octanol–water partition coefficient (Wildman–Crippen LogP) is 4.63. The predicted molar refractivity (Wildman–Crippen MR) is 114 cm³/mol. The van der Waals surface area contributed by atoms with Gasteiger partial charge in [-0.15, -0.1) is 0 Å². The van der Waals surface area contributed by atoms with Gasteiger partial charge in [0.05, 0.1) is 17.7 Å². The van der Waals surface area contributed by atoms with Gasteiger partial charge in [0.15, 0.2) is 3.95 Å². The number of carbonyl (C=O) groups excluding carboxylic acids is 1. The average molecular weight is 409 g/mol. The molecule has 1 aliphatic heterocycles. The van der Waals surface area contributed by atoms with E-state index in [1.165, 1.54) is 16.0 Å². The van der Waals surface area contributed by atoms with Crippen molar-refractivity contribution in [3.8, 4) is 11.6 Å². The number of rotatable bonds is 4. The van der Waals surface area contributed by atoms with Gasteiger partial charge < -0.3 is 9.84 Å². The molecule has 0 spiro atoms. The lowest BCUT2D eigenvalue weighted by Gasteiger charge is -2.08. The summed E-state index contributed by atoms with van der Waals surface area (Å²) in [6.07, 6.45) is 3.55. The number of fused-ring (bicyclic) bond motifs is 1. The van der Waals surface area contributed by atoms with Gasteiger partial charge in [0.1, 0.15) is 5.75 Å². The number of amides is 1. The van der Waals surface area contributed by atoms with E-state index in [1.807, 2.05) is 24.3 Å². The van der Waals surface area contributed by atoms with Gasteiger partial charge in [-0.3, -0.25) is 15.2 Å². The van der Waals surface area contributed by atoms with Gasteiger partial charge in [0.2, 0.25) is 5.88 Å². The number of hydrogen-bond donors (Lipinski definition) is 2. The smallest absolute Gasteiger partial charge is 0.270 e. The number of hydrogen-bond acceptors (Lipinski definition) is 6. The van der Waals surface area contributed by atoms with Gasteiger partial charge in [-0.05, 0) is 48.6 Å². The Morgan fingerprint density at radius 3 is 2.75 bits per heavy atom. The number of methoxy groups -OCH3 is 1. The summed E-state index contributed by atoms with van der Waals surface area (Å²) in [4.78, 5) is 17.4. The quantitative estimate of drug-likeness (QED) is 0.616. The molecule has 0 atom stereocenters. The Balaban J connectivity index is 1.61. The zero-order valence-corrected chi connectivity index (χ0v) is 16.4. The molecule has 2 aromatic carbocycles. The van der Waals surface area contributed by atoms with Crippen LogP contribution in [0.3, 0.4) is 0 Å². The van der Waals surface area contributed by atoms with Crippen LogP contribution in [0.4, 0.5) is 5.69 Å². The molecule has 0 bridgehead atoms. The Morgan fingerprint density at radius 1 is 1.25 bits per heavy atom. The van der Waals surface area contributed by atoms with Crippen molar-refractivity contribution in [2.24, 2.45) is 4.99 Å². The molecule has 0 aliphatic carbocycles. The number of aromatic nitrogens is 1. The summed E-state index contributed by atoms with van der Waals surface area (Å²) in [5.74, 6) is 0.139.